The summed E-state index contributed by atoms with van der Waals surface area (Å²) in [5.74, 6) is 0.754. The van der Waals surface area contributed by atoms with Gasteiger partial charge in [0.1, 0.15) is 0 Å². The van der Waals surface area contributed by atoms with Crippen molar-refractivity contribution in [3.63, 3.8) is 0 Å². The van der Waals surface area contributed by atoms with Gasteiger partial charge in [0.2, 0.25) is 0 Å². The van der Waals surface area contributed by atoms with Crippen molar-refractivity contribution >= 4 is 5.69 Å². The van der Waals surface area contributed by atoms with E-state index in [2.05, 4.69) is 22.2 Å². The molecule has 1 aromatic heterocycles. The number of anilines is 1. The van der Waals surface area contributed by atoms with Crippen molar-refractivity contribution < 1.29 is 4.74 Å². The first-order valence-corrected chi connectivity index (χ1v) is 6.44. The van der Waals surface area contributed by atoms with Gasteiger partial charge >= 0.3 is 0 Å². The number of nitrogens with one attached hydrogen (secondary N) is 1. The van der Waals surface area contributed by atoms with Crippen molar-refractivity contribution in [3.8, 4) is 11.4 Å². The Morgan fingerprint density at radius 1 is 1.16 bits per heavy atom. The van der Waals surface area contributed by atoms with Crippen LogP contribution in [-0.4, -0.2) is 29.7 Å². The molecular formula is C15H17N3O. The predicted octanol–water partition coefficient (Wildman–Crippen LogP) is 2.59. The van der Waals surface area contributed by atoms with Gasteiger partial charge in [0, 0.05) is 17.5 Å². The number of ether oxygens (including phenoxy) is 1. The molecule has 19 heavy (non-hydrogen) atoms. The third-order valence-corrected chi connectivity index (χ3v) is 3.30. The molecule has 0 aliphatic carbocycles. The minimum atomic E-state index is 0.248. The summed E-state index contributed by atoms with van der Waals surface area (Å²) in [6.45, 7) is 4.75. The maximum absolute atomic E-state index is 5.23. The molecule has 98 valence electrons. The molecule has 1 saturated heterocycles. The predicted molar refractivity (Wildman–Crippen MR) is 74.9 cm³/mol. The van der Waals surface area contributed by atoms with Crippen LogP contribution in [0.5, 0.6) is 0 Å². The third-order valence-electron chi connectivity index (χ3n) is 3.30. The fourth-order valence-electron chi connectivity index (χ4n) is 2.02. The van der Waals surface area contributed by atoms with Gasteiger partial charge < -0.3 is 10.1 Å². The zero-order valence-electron chi connectivity index (χ0n) is 11.0. The van der Waals surface area contributed by atoms with Gasteiger partial charge in [0.25, 0.3) is 0 Å². The van der Waals surface area contributed by atoms with E-state index in [1.54, 1.807) is 0 Å². The summed E-state index contributed by atoms with van der Waals surface area (Å²) >= 11 is 0. The number of benzene rings is 1. The van der Waals surface area contributed by atoms with Crippen LogP contribution in [-0.2, 0) is 4.74 Å². The molecule has 1 fully saturated rings. The highest BCUT2D eigenvalue weighted by Gasteiger charge is 2.32. The van der Waals surface area contributed by atoms with Gasteiger partial charge in [0.05, 0.1) is 31.3 Å². The molecule has 0 atom stereocenters. The first-order valence-electron chi connectivity index (χ1n) is 6.44. The zero-order valence-corrected chi connectivity index (χ0v) is 11.0. The van der Waals surface area contributed by atoms with Gasteiger partial charge in [-0.05, 0) is 0 Å². The number of nitrogens with zero attached hydrogens (tertiary/aromatic N) is 2. The van der Waals surface area contributed by atoms with Gasteiger partial charge in [0.15, 0.2) is 5.82 Å². The van der Waals surface area contributed by atoms with Crippen LogP contribution in [0.1, 0.15) is 6.92 Å². The second kappa shape index (κ2) is 4.97. The van der Waals surface area contributed by atoms with Crippen LogP contribution in [0.2, 0.25) is 0 Å². The summed E-state index contributed by atoms with van der Waals surface area (Å²) in [6.07, 6.45) is 3.66. The Kier molecular flexibility index (Phi) is 3.17. The smallest absolute Gasteiger partial charge is 0.159 e. The van der Waals surface area contributed by atoms with Crippen LogP contribution < -0.4 is 5.32 Å². The fraction of sp³-hybridized carbons (Fsp3) is 0.333. The maximum atomic E-state index is 5.23. The van der Waals surface area contributed by atoms with Crippen molar-refractivity contribution in [2.75, 3.05) is 25.1 Å². The summed E-state index contributed by atoms with van der Waals surface area (Å²) in [4.78, 5) is 8.78. The second-order valence-corrected chi connectivity index (χ2v) is 5.32. The molecular weight excluding hydrogens is 238 g/mol. The van der Waals surface area contributed by atoms with Crippen LogP contribution in [0, 0.1) is 5.41 Å². The first-order chi connectivity index (χ1) is 9.25. The van der Waals surface area contributed by atoms with Gasteiger partial charge in [-0.3, -0.25) is 0 Å². The van der Waals surface area contributed by atoms with E-state index in [-0.39, 0.29) is 5.41 Å². The fourth-order valence-corrected chi connectivity index (χ4v) is 2.02. The summed E-state index contributed by atoms with van der Waals surface area (Å²) < 4.78 is 5.23. The van der Waals surface area contributed by atoms with E-state index in [1.165, 1.54) is 0 Å². The van der Waals surface area contributed by atoms with Gasteiger partial charge in [-0.25, -0.2) is 9.97 Å². The molecule has 1 aliphatic heterocycles. The van der Waals surface area contributed by atoms with E-state index in [1.807, 2.05) is 42.7 Å². The van der Waals surface area contributed by atoms with Crippen molar-refractivity contribution in [3.05, 3.63) is 42.7 Å². The molecule has 2 heterocycles. The van der Waals surface area contributed by atoms with E-state index in [9.17, 15) is 0 Å². The Morgan fingerprint density at radius 3 is 2.42 bits per heavy atom. The van der Waals surface area contributed by atoms with Crippen molar-refractivity contribution in [2.45, 2.75) is 6.92 Å². The molecule has 1 aliphatic rings. The lowest BCUT2D eigenvalue weighted by Gasteiger charge is -2.38. The van der Waals surface area contributed by atoms with Crippen molar-refractivity contribution in [1.29, 1.82) is 0 Å². The minimum Gasteiger partial charge on any atom is -0.382 e. The molecule has 3 rings (SSSR count). The van der Waals surface area contributed by atoms with E-state index >= 15 is 0 Å². The third kappa shape index (κ3) is 2.74. The van der Waals surface area contributed by atoms with Gasteiger partial charge in [-0.15, -0.1) is 0 Å². The molecule has 1 aromatic carbocycles. The van der Waals surface area contributed by atoms with Crippen molar-refractivity contribution in [1.82, 2.24) is 9.97 Å². The summed E-state index contributed by atoms with van der Waals surface area (Å²) in [5.41, 5.74) is 2.24. The topological polar surface area (TPSA) is 47.0 Å². The average molecular weight is 255 g/mol. The number of aromatic nitrogens is 2. The van der Waals surface area contributed by atoms with Crippen LogP contribution in [0.15, 0.2) is 42.7 Å². The highest BCUT2D eigenvalue weighted by atomic mass is 16.5. The molecule has 0 saturated carbocycles. The Hall–Kier alpha value is -1.94. The lowest BCUT2D eigenvalue weighted by molar-refractivity contribution is -0.0924. The van der Waals surface area contributed by atoms with E-state index < -0.39 is 0 Å². The molecule has 4 nitrogen and oxygen atoms in total. The Morgan fingerprint density at radius 2 is 1.84 bits per heavy atom. The highest BCUT2D eigenvalue weighted by Crippen LogP contribution is 2.26. The average Bonchev–Trinajstić information content (AvgIpc) is 2.45. The van der Waals surface area contributed by atoms with E-state index in [4.69, 9.17) is 4.74 Å². The van der Waals surface area contributed by atoms with E-state index in [0.29, 0.717) is 0 Å². The van der Waals surface area contributed by atoms with Crippen LogP contribution >= 0.6 is 0 Å². The molecule has 0 radical (unpaired) electrons. The first kappa shape index (κ1) is 12.1. The molecule has 0 bridgehead atoms. The van der Waals surface area contributed by atoms with Crippen molar-refractivity contribution in [2.24, 2.45) is 5.41 Å². The maximum Gasteiger partial charge on any atom is 0.159 e. The van der Waals surface area contributed by atoms with Gasteiger partial charge in [-0.2, -0.15) is 0 Å². The standard InChI is InChI=1S/C15H17N3O/c1-15(10-19-11-15)9-18-13-7-16-14(17-8-13)12-5-3-2-4-6-12/h2-8,18H,9-11H2,1H3. The van der Waals surface area contributed by atoms with Crippen LogP contribution in [0.3, 0.4) is 0 Å². The SMILES string of the molecule is CC1(CNc2cnc(-c3ccccc3)nc2)COC1. The lowest BCUT2D eigenvalue weighted by atomic mass is 9.89. The summed E-state index contributed by atoms with van der Waals surface area (Å²) in [5, 5.41) is 3.36. The Labute approximate surface area is 112 Å². The zero-order chi connectivity index (χ0) is 13.1. The lowest BCUT2D eigenvalue weighted by Crippen LogP contribution is -2.45. The molecule has 2 aromatic rings. The molecule has 1 N–H and O–H groups in total. The van der Waals surface area contributed by atoms with E-state index in [0.717, 1.165) is 36.8 Å². The normalized spacial score (nSPS) is 16.7. The minimum absolute atomic E-state index is 0.248. The highest BCUT2D eigenvalue weighted by molar-refractivity contribution is 5.55. The quantitative estimate of drug-likeness (QED) is 0.912. The number of hydrogen-bond donors (Lipinski definition) is 1. The van der Waals surface area contributed by atoms with Gasteiger partial charge in [-0.1, -0.05) is 37.3 Å². The Balaban J connectivity index is 1.66. The molecule has 0 unspecified atom stereocenters. The second-order valence-electron chi connectivity index (χ2n) is 5.32. The molecule has 0 amide bonds. The van der Waals surface area contributed by atoms with Crippen LogP contribution in [0.25, 0.3) is 11.4 Å². The summed E-state index contributed by atoms with van der Waals surface area (Å²) in [6, 6.07) is 9.98. The number of rotatable bonds is 4. The summed E-state index contributed by atoms with van der Waals surface area (Å²) in [7, 11) is 0. The number of hydrogen-bond acceptors (Lipinski definition) is 4. The Bertz CT molecular complexity index is 535. The largest absolute Gasteiger partial charge is 0.382 e. The monoisotopic (exact) mass is 255 g/mol. The van der Waals surface area contributed by atoms with Crippen LogP contribution in [0.4, 0.5) is 5.69 Å². The molecule has 4 heteroatoms. The molecule has 0 spiro atoms.